The van der Waals surface area contributed by atoms with Gasteiger partial charge in [0.1, 0.15) is 24.7 Å². The lowest BCUT2D eigenvalue weighted by Crippen LogP contribution is -2.37. The molecule has 10 rings (SSSR count). The molecule has 0 aromatic heterocycles. The maximum Gasteiger partial charge on any atom is 0.408 e. The summed E-state index contributed by atoms with van der Waals surface area (Å²) in [5.41, 5.74) is 7.80. The highest BCUT2D eigenvalue weighted by Gasteiger charge is 2.36. The average Bonchev–Trinajstić information content (AvgIpc) is 3.42. The van der Waals surface area contributed by atoms with Crippen LogP contribution in [0.5, 0.6) is 11.5 Å². The molecule has 0 saturated heterocycles. The van der Waals surface area contributed by atoms with Gasteiger partial charge in [-0.3, -0.25) is 19.2 Å². The molecule has 2 aliphatic rings. The Morgan fingerprint density at radius 2 is 0.733 bits per heavy atom. The number of ether oxygens (including phenoxy) is 2. The first-order valence-electron chi connectivity index (χ1n) is 22.8. The second-order valence-corrected chi connectivity index (χ2v) is 20.5. The molecule has 0 bridgehead atoms. The minimum absolute atomic E-state index is 0.0387. The molecule has 75 heavy (non-hydrogen) atoms. The molecule has 0 saturated carbocycles. The zero-order chi connectivity index (χ0) is 52.7. The molecule has 0 aliphatic heterocycles. The number of alkyl carbamates (subject to hydrolysis) is 2. The van der Waals surface area contributed by atoms with Gasteiger partial charge in [-0.15, -0.1) is 0 Å². The number of nitrogens with one attached hydrogen (secondary N) is 4. The Morgan fingerprint density at radius 1 is 0.413 bits per heavy atom. The number of halogens is 4. The quantitative estimate of drug-likeness (QED) is 0.0499. The molecule has 14 nitrogen and oxygen atoms in total. The van der Waals surface area contributed by atoms with Crippen LogP contribution >= 0.6 is 63.7 Å². The Labute approximate surface area is 461 Å². The Bertz CT molecular complexity index is 3450. The van der Waals surface area contributed by atoms with Crippen LogP contribution in [0, 0.1) is 0 Å². The first-order valence-corrected chi connectivity index (χ1v) is 25.9. The molecule has 0 unspecified atom stereocenters. The van der Waals surface area contributed by atoms with Crippen molar-refractivity contribution in [2.75, 3.05) is 17.3 Å². The number of benzene rings is 8. The summed E-state index contributed by atoms with van der Waals surface area (Å²) >= 11 is 14.6. The van der Waals surface area contributed by atoms with E-state index in [4.69, 9.17) is 9.47 Å². The van der Waals surface area contributed by atoms with E-state index >= 15 is 0 Å². The first-order chi connectivity index (χ1) is 36.1. The zero-order valence-corrected chi connectivity index (χ0v) is 45.0. The van der Waals surface area contributed by atoms with E-state index in [-0.39, 0.29) is 87.5 Å². The second-order valence-electron chi connectivity index (χ2n) is 17.1. The van der Waals surface area contributed by atoms with Crippen molar-refractivity contribution in [3.05, 3.63) is 219 Å². The second kappa shape index (κ2) is 21.1. The van der Waals surface area contributed by atoms with Gasteiger partial charge in [-0.1, -0.05) is 97.1 Å². The summed E-state index contributed by atoms with van der Waals surface area (Å²) in [4.78, 5) is 78.8. The molecule has 8 aromatic rings. The van der Waals surface area contributed by atoms with Crippen molar-refractivity contribution in [2.45, 2.75) is 13.2 Å². The molecule has 18 heteroatoms. The predicted molar refractivity (Wildman–Crippen MR) is 295 cm³/mol. The molecule has 372 valence electrons. The monoisotopic (exact) mass is 1250 g/mol. The first kappa shape index (κ1) is 50.6. The highest BCUT2D eigenvalue weighted by atomic mass is 79.9. The molecular weight excluding hydrogens is 1220 g/mol. The largest absolute Gasteiger partial charge is 0.507 e. The molecule has 2 aliphatic carbocycles. The third-order valence-corrected chi connectivity index (χ3v) is 15.0. The van der Waals surface area contributed by atoms with Gasteiger partial charge in [0.2, 0.25) is 0 Å². The van der Waals surface area contributed by atoms with Crippen molar-refractivity contribution < 1.29 is 48.5 Å². The number of phenols is 2. The minimum atomic E-state index is -0.754. The molecule has 8 aromatic carbocycles. The maximum absolute atomic E-state index is 13.6. The van der Waals surface area contributed by atoms with Crippen LogP contribution in [0.2, 0.25) is 0 Å². The van der Waals surface area contributed by atoms with Crippen molar-refractivity contribution in [3.63, 3.8) is 0 Å². The fourth-order valence-corrected chi connectivity index (χ4v) is 11.6. The van der Waals surface area contributed by atoms with Crippen molar-refractivity contribution in [3.8, 4) is 33.8 Å². The van der Waals surface area contributed by atoms with E-state index in [9.17, 15) is 39.0 Å². The van der Waals surface area contributed by atoms with Gasteiger partial charge in [0.05, 0.1) is 51.7 Å². The fourth-order valence-electron chi connectivity index (χ4n) is 8.78. The average molecular weight is 1260 g/mol. The smallest absolute Gasteiger partial charge is 0.408 e. The standard InChI is InChI=1S/C57H36Br4N4O10/c58-38-21-32(22-39(59)50(38)64-42-17-19-44(66)48-46(42)52(68)34-5-1-3-7-36(34)54(48)70)30-13-9-28(10-14-30)25-74-56(72)62-27-63-57(73)75-26-29-11-15-31(16-12-29)33-23-40(60)51(41(61)24-33)65-43-18-20-45(67)49-47(43)53(69)35-6-2-4-8-37(35)55(49)71/h1-24,64-67H,25-27H2,(H,62,72)(H,63,73). The summed E-state index contributed by atoms with van der Waals surface area (Å²) in [5.74, 6) is -2.16. The highest BCUT2D eigenvalue weighted by molar-refractivity contribution is 9.11. The van der Waals surface area contributed by atoms with Crippen LogP contribution in [-0.2, 0) is 22.7 Å². The number of phenolic OH excluding ortho intramolecular Hbond substituents is 2. The third-order valence-electron chi connectivity index (χ3n) is 12.5. The minimum Gasteiger partial charge on any atom is -0.507 e. The van der Waals surface area contributed by atoms with Crippen LogP contribution in [-0.4, -0.2) is 52.2 Å². The van der Waals surface area contributed by atoms with E-state index in [2.05, 4.69) is 85.0 Å². The number of aromatic hydroxyl groups is 2. The van der Waals surface area contributed by atoms with E-state index in [1.807, 2.05) is 72.8 Å². The van der Waals surface area contributed by atoms with Crippen molar-refractivity contribution in [2.24, 2.45) is 0 Å². The summed E-state index contributed by atoms with van der Waals surface area (Å²) in [6, 6.07) is 41.2. The molecule has 2 amide bonds. The Balaban J connectivity index is 0.683. The number of fused-ring (bicyclic) bond motifs is 4. The van der Waals surface area contributed by atoms with Gasteiger partial charge in [-0.2, -0.15) is 0 Å². The number of amides is 2. The van der Waals surface area contributed by atoms with E-state index in [1.54, 1.807) is 60.7 Å². The van der Waals surface area contributed by atoms with E-state index in [0.29, 0.717) is 51.8 Å². The molecular formula is C57H36Br4N4O10. The van der Waals surface area contributed by atoms with Crippen molar-refractivity contribution >= 4 is 122 Å². The summed E-state index contributed by atoms with van der Waals surface area (Å²) in [7, 11) is 0. The topological polar surface area (TPSA) is 209 Å². The molecule has 0 heterocycles. The van der Waals surface area contributed by atoms with Crippen LogP contribution in [0.25, 0.3) is 22.3 Å². The number of rotatable bonds is 12. The van der Waals surface area contributed by atoms with Gasteiger partial charge in [-0.25, -0.2) is 9.59 Å². The highest BCUT2D eigenvalue weighted by Crippen LogP contribution is 2.44. The normalized spacial score (nSPS) is 12.2. The number of ketones is 4. The number of carbonyl (C=O) groups excluding carboxylic acids is 6. The van der Waals surface area contributed by atoms with Gasteiger partial charge in [-0.05, 0) is 146 Å². The van der Waals surface area contributed by atoms with Gasteiger partial charge in [0, 0.05) is 40.1 Å². The predicted octanol–water partition coefficient (Wildman–Crippen LogP) is 13.6. The molecule has 0 spiro atoms. The van der Waals surface area contributed by atoms with Crippen LogP contribution in [0.4, 0.5) is 32.3 Å². The Kier molecular flexibility index (Phi) is 14.3. The molecule has 6 N–H and O–H groups in total. The number of carbonyl (C=O) groups is 6. The number of hydrogen-bond acceptors (Lipinski definition) is 12. The van der Waals surface area contributed by atoms with Crippen LogP contribution < -0.4 is 21.3 Å². The van der Waals surface area contributed by atoms with Gasteiger partial charge in [0.25, 0.3) is 0 Å². The van der Waals surface area contributed by atoms with Gasteiger partial charge < -0.3 is 41.0 Å². The lowest BCUT2D eigenvalue weighted by molar-refractivity contribution is 0.0977. The van der Waals surface area contributed by atoms with Crippen LogP contribution in [0.3, 0.4) is 0 Å². The SMILES string of the molecule is O=C(NCNC(=O)OCc1ccc(-c2cc(Br)c(Nc3ccc(O)c4c3C(=O)c3ccccc3C4=O)c(Br)c2)cc1)OCc1ccc(-c2cc(Br)c(Nc3ccc(O)c4c3C(=O)c3ccccc3C4=O)c(Br)c2)cc1. The summed E-state index contributed by atoms with van der Waals surface area (Å²) in [6.45, 7) is -0.320. The van der Waals surface area contributed by atoms with Gasteiger partial charge >= 0.3 is 12.2 Å². The Morgan fingerprint density at radius 3 is 1.07 bits per heavy atom. The molecule has 0 atom stereocenters. The van der Waals surface area contributed by atoms with Crippen molar-refractivity contribution in [1.82, 2.24) is 10.6 Å². The zero-order valence-electron chi connectivity index (χ0n) is 38.6. The summed E-state index contributed by atoms with van der Waals surface area (Å²) < 4.78 is 13.3. The third kappa shape index (κ3) is 10.1. The molecule has 0 fully saturated rings. The lowest BCUT2D eigenvalue weighted by Gasteiger charge is -2.22. The van der Waals surface area contributed by atoms with Gasteiger partial charge in [0.15, 0.2) is 23.1 Å². The number of anilines is 4. The van der Waals surface area contributed by atoms with Crippen LogP contribution in [0.15, 0.2) is 163 Å². The fraction of sp³-hybridized carbons (Fsp3) is 0.0526. The summed E-state index contributed by atoms with van der Waals surface area (Å²) in [6.07, 6.45) is -1.51. The van der Waals surface area contributed by atoms with Crippen LogP contribution in [0.1, 0.15) is 74.8 Å². The van der Waals surface area contributed by atoms with E-state index < -0.39 is 23.8 Å². The van der Waals surface area contributed by atoms with E-state index in [0.717, 1.165) is 22.3 Å². The maximum atomic E-state index is 13.6. The lowest BCUT2D eigenvalue weighted by atomic mass is 9.82. The van der Waals surface area contributed by atoms with E-state index in [1.165, 1.54) is 12.1 Å². The number of hydrogen-bond donors (Lipinski definition) is 6. The summed E-state index contributed by atoms with van der Waals surface area (Å²) in [5, 5.41) is 32.7. The molecule has 0 radical (unpaired) electrons. The van der Waals surface area contributed by atoms with Crippen molar-refractivity contribution in [1.29, 1.82) is 0 Å². The Hall–Kier alpha value is -7.90.